The Balaban J connectivity index is 2.03. The molecule has 2 rings (SSSR count). The predicted octanol–water partition coefficient (Wildman–Crippen LogP) is 3.86. The normalized spacial score (nSPS) is 48.5. The molecular weight excluding hydrogens is 144 g/mol. The summed E-state index contributed by atoms with van der Waals surface area (Å²) in [7, 11) is 0. The fourth-order valence-corrected chi connectivity index (χ4v) is 3.45. The third kappa shape index (κ3) is 1.41. The summed E-state index contributed by atoms with van der Waals surface area (Å²) in [6, 6.07) is 0. The Morgan fingerprint density at radius 2 is 1.58 bits per heavy atom. The Hall–Kier alpha value is 0. The molecule has 0 aromatic rings. The van der Waals surface area contributed by atoms with Crippen molar-refractivity contribution < 1.29 is 0 Å². The van der Waals surface area contributed by atoms with Crippen LogP contribution in [0.4, 0.5) is 0 Å². The predicted molar refractivity (Wildman–Crippen MR) is 53.0 cm³/mol. The Morgan fingerprint density at radius 3 is 2.42 bits per heavy atom. The number of fused-ring (bicyclic) bond motifs is 1. The van der Waals surface area contributed by atoms with E-state index in [-0.39, 0.29) is 0 Å². The van der Waals surface area contributed by atoms with Crippen molar-refractivity contribution in [3.05, 3.63) is 0 Å². The molecule has 2 aliphatic carbocycles. The van der Waals surface area contributed by atoms with E-state index in [0.717, 1.165) is 23.7 Å². The maximum atomic E-state index is 2.49. The molecule has 70 valence electrons. The van der Waals surface area contributed by atoms with Crippen molar-refractivity contribution in [1.29, 1.82) is 0 Å². The third-order valence-electron chi connectivity index (χ3n) is 4.53. The van der Waals surface area contributed by atoms with Gasteiger partial charge in [0.25, 0.3) is 0 Å². The van der Waals surface area contributed by atoms with Crippen molar-refractivity contribution in [3.63, 3.8) is 0 Å². The molecule has 0 aromatic heterocycles. The molecule has 12 heavy (non-hydrogen) atoms. The molecule has 0 bridgehead atoms. The molecule has 0 radical (unpaired) electrons. The summed E-state index contributed by atoms with van der Waals surface area (Å²) in [5.41, 5.74) is 0. The van der Waals surface area contributed by atoms with Gasteiger partial charge >= 0.3 is 0 Å². The van der Waals surface area contributed by atoms with E-state index >= 15 is 0 Å². The van der Waals surface area contributed by atoms with Gasteiger partial charge in [0.15, 0.2) is 0 Å². The number of rotatable bonds is 0. The minimum absolute atomic E-state index is 1.00. The van der Waals surface area contributed by atoms with Crippen LogP contribution in [0.3, 0.4) is 0 Å². The van der Waals surface area contributed by atoms with Gasteiger partial charge in [-0.15, -0.1) is 0 Å². The Morgan fingerprint density at radius 1 is 0.833 bits per heavy atom. The van der Waals surface area contributed by atoms with E-state index in [1.165, 1.54) is 32.1 Å². The minimum Gasteiger partial charge on any atom is -0.0622 e. The first-order valence-corrected chi connectivity index (χ1v) is 5.79. The average Bonchev–Trinajstić information content (AvgIpc) is 2.12. The first-order valence-electron chi connectivity index (χ1n) is 5.79. The largest absolute Gasteiger partial charge is 0.0622 e. The summed E-state index contributed by atoms with van der Waals surface area (Å²) in [5.74, 6) is 4.24. The second kappa shape index (κ2) is 3.40. The summed E-state index contributed by atoms with van der Waals surface area (Å²) in [4.78, 5) is 0. The van der Waals surface area contributed by atoms with E-state index in [9.17, 15) is 0 Å². The van der Waals surface area contributed by atoms with Crippen LogP contribution in [0.2, 0.25) is 0 Å². The van der Waals surface area contributed by atoms with Gasteiger partial charge in [-0.05, 0) is 36.5 Å². The number of hydrogen-bond acceptors (Lipinski definition) is 0. The van der Waals surface area contributed by atoms with Gasteiger partial charge in [0.2, 0.25) is 0 Å². The van der Waals surface area contributed by atoms with Crippen LogP contribution >= 0.6 is 0 Å². The monoisotopic (exact) mass is 166 g/mol. The van der Waals surface area contributed by atoms with Crippen molar-refractivity contribution >= 4 is 0 Å². The van der Waals surface area contributed by atoms with Crippen molar-refractivity contribution in [1.82, 2.24) is 0 Å². The fourth-order valence-electron chi connectivity index (χ4n) is 3.45. The van der Waals surface area contributed by atoms with E-state index in [2.05, 4.69) is 13.8 Å². The fraction of sp³-hybridized carbons (Fsp3) is 1.00. The van der Waals surface area contributed by atoms with Crippen LogP contribution < -0.4 is 0 Å². The molecule has 0 heterocycles. The molecule has 0 aromatic carbocycles. The second-order valence-electron chi connectivity index (χ2n) is 5.12. The summed E-state index contributed by atoms with van der Waals surface area (Å²) < 4.78 is 0. The molecule has 2 aliphatic rings. The highest BCUT2D eigenvalue weighted by Gasteiger charge is 2.35. The van der Waals surface area contributed by atoms with Gasteiger partial charge in [-0.3, -0.25) is 0 Å². The van der Waals surface area contributed by atoms with Gasteiger partial charge in [-0.2, -0.15) is 0 Å². The molecule has 2 saturated carbocycles. The molecule has 0 N–H and O–H groups in total. The highest BCUT2D eigenvalue weighted by Crippen LogP contribution is 2.45. The summed E-state index contributed by atoms with van der Waals surface area (Å²) in [6.45, 7) is 4.95. The molecular formula is C12H22. The van der Waals surface area contributed by atoms with E-state index in [4.69, 9.17) is 0 Å². The third-order valence-corrected chi connectivity index (χ3v) is 4.53. The van der Waals surface area contributed by atoms with Gasteiger partial charge in [-0.25, -0.2) is 0 Å². The highest BCUT2D eigenvalue weighted by molar-refractivity contribution is 4.85. The molecule has 0 nitrogen and oxygen atoms in total. The van der Waals surface area contributed by atoms with Gasteiger partial charge in [0, 0.05) is 0 Å². The molecule has 0 unspecified atom stereocenters. The zero-order valence-electron chi connectivity index (χ0n) is 8.55. The van der Waals surface area contributed by atoms with Crippen molar-refractivity contribution in [2.75, 3.05) is 0 Å². The van der Waals surface area contributed by atoms with Gasteiger partial charge < -0.3 is 0 Å². The summed E-state index contributed by atoms with van der Waals surface area (Å²) in [6.07, 6.45) is 9.15. The second-order valence-corrected chi connectivity index (χ2v) is 5.12. The lowest BCUT2D eigenvalue weighted by Crippen LogP contribution is -2.33. The van der Waals surface area contributed by atoms with Gasteiger partial charge in [0.1, 0.15) is 0 Å². The Bertz CT molecular complexity index is 148. The highest BCUT2D eigenvalue weighted by atomic mass is 14.4. The van der Waals surface area contributed by atoms with Crippen LogP contribution in [0.15, 0.2) is 0 Å². The molecule has 0 saturated heterocycles. The molecule has 0 heteroatoms. The van der Waals surface area contributed by atoms with Crippen LogP contribution in [-0.2, 0) is 0 Å². The van der Waals surface area contributed by atoms with Crippen LogP contribution in [0.25, 0.3) is 0 Å². The van der Waals surface area contributed by atoms with Crippen LogP contribution in [0, 0.1) is 23.7 Å². The molecule has 0 spiro atoms. The zero-order valence-corrected chi connectivity index (χ0v) is 8.55. The molecule has 0 aliphatic heterocycles. The summed E-state index contributed by atoms with van der Waals surface area (Å²) >= 11 is 0. The van der Waals surface area contributed by atoms with Crippen molar-refractivity contribution in [2.45, 2.75) is 52.4 Å². The smallest absolute Gasteiger partial charge is 0.0358 e. The van der Waals surface area contributed by atoms with Gasteiger partial charge in [-0.1, -0.05) is 39.5 Å². The van der Waals surface area contributed by atoms with Crippen molar-refractivity contribution in [2.24, 2.45) is 23.7 Å². The lowest BCUT2D eigenvalue weighted by molar-refractivity contribution is 0.0734. The lowest BCUT2D eigenvalue weighted by atomic mass is 9.63. The Labute approximate surface area is 76.7 Å². The summed E-state index contributed by atoms with van der Waals surface area (Å²) in [5, 5.41) is 0. The zero-order chi connectivity index (χ0) is 8.55. The average molecular weight is 166 g/mol. The van der Waals surface area contributed by atoms with Crippen molar-refractivity contribution in [3.8, 4) is 0 Å². The minimum atomic E-state index is 1.00. The standard InChI is InChI=1S/C12H22/c1-9-7-8-11-5-3-4-6-12(11)10(9)2/h9-12H,3-8H2,1-2H3/t9-,10+,11+,12+/m0/s1. The van der Waals surface area contributed by atoms with E-state index in [1.807, 2.05) is 0 Å². The first kappa shape index (κ1) is 8.59. The molecule has 4 atom stereocenters. The quantitative estimate of drug-likeness (QED) is 0.512. The number of hydrogen-bond donors (Lipinski definition) is 0. The lowest BCUT2D eigenvalue weighted by Gasteiger charge is -2.43. The first-order chi connectivity index (χ1) is 5.79. The maximum Gasteiger partial charge on any atom is -0.0358 e. The van der Waals surface area contributed by atoms with Crippen LogP contribution in [0.1, 0.15) is 52.4 Å². The van der Waals surface area contributed by atoms with E-state index < -0.39 is 0 Å². The Kier molecular flexibility index (Phi) is 2.43. The van der Waals surface area contributed by atoms with E-state index in [1.54, 1.807) is 6.42 Å². The van der Waals surface area contributed by atoms with E-state index in [0.29, 0.717) is 0 Å². The topological polar surface area (TPSA) is 0 Å². The van der Waals surface area contributed by atoms with Crippen LogP contribution in [0.5, 0.6) is 0 Å². The van der Waals surface area contributed by atoms with Crippen LogP contribution in [-0.4, -0.2) is 0 Å². The molecule has 2 fully saturated rings. The van der Waals surface area contributed by atoms with Gasteiger partial charge in [0.05, 0.1) is 0 Å². The maximum absolute atomic E-state index is 2.49. The SMILES string of the molecule is C[C@H]1[C@H]2CCCC[C@@H]2CC[C@@H]1C. The molecule has 0 amide bonds.